The normalized spacial score (nSPS) is 20.4. The summed E-state index contributed by atoms with van der Waals surface area (Å²) in [6.07, 6.45) is 1.74. The van der Waals surface area contributed by atoms with E-state index in [4.69, 9.17) is 30.5 Å². The summed E-state index contributed by atoms with van der Waals surface area (Å²) in [7, 11) is 7.36. The largest absolute Gasteiger partial charge is 0.502 e. The molecular weight excluding hydrogens is 820 g/mol. The van der Waals surface area contributed by atoms with Crippen LogP contribution in [0.2, 0.25) is 5.02 Å². The van der Waals surface area contributed by atoms with Crippen molar-refractivity contribution in [2.45, 2.75) is 43.3 Å². The van der Waals surface area contributed by atoms with Gasteiger partial charge in [0.25, 0.3) is 5.56 Å². The number of amides is 2. The van der Waals surface area contributed by atoms with Gasteiger partial charge in [-0.25, -0.2) is 33.4 Å². The highest BCUT2D eigenvalue weighted by atomic mass is 35.5. The van der Waals surface area contributed by atoms with Gasteiger partial charge >= 0.3 is 11.4 Å². The van der Waals surface area contributed by atoms with Crippen LogP contribution in [0.15, 0.2) is 105 Å². The van der Waals surface area contributed by atoms with Gasteiger partial charge in [0.05, 0.1) is 69.1 Å². The molecule has 0 bridgehead atoms. The molecule has 4 heterocycles. The van der Waals surface area contributed by atoms with Crippen LogP contribution in [0.4, 0.5) is 5.69 Å². The number of rotatable bonds is 10. The number of aryl methyl sites for hydroxylation is 2. The molecule has 17 heteroatoms. The van der Waals surface area contributed by atoms with Gasteiger partial charge < -0.3 is 28.6 Å². The number of carbonyl (C=O) groups excluding carboxylic acids is 2. The van der Waals surface area contributed by atoms with Crippen LogP contribution in [0.1, 0.15) is 35.2 Å². The Hall–Kier alpha value is -7.07. The van der Waals surface area contributed by atoms with E-state index in [1.165, 1.54) is 42.4 Å². The Morgan fingerprint density at radius 3 is 2.16 bits per heavy atom. The molecule has 9 rings (SSSR count). The number of benzene rings is 4. The summed E-state index contributed by atoms with van der Waals surface area (Å²) >= 11 is 6.44. The van der Waals surface area contributed by atoms with Crippen LogP contribution in [0, 0.1) is 5.92 Å². The summed E-state index contributed by atoms with van der Waals surface area (Å²) in [4.78, 5) is 79.0. The molecule has 1 saturated heterocycles. The Balaban J connectivity index is 1.21. The minimum atomic E-state index is -1.60. The zero-order valence-corrected chi connectivity index (χ0v) is 35.1. The van der Waals surface area contributed by atoms with Crippen LogP contribution >= 0.6 is 11.6 Å². The van der Waals surface area contributed by atoms with Crippen molar-refractivity contribution in [2.24, 2.45) is 13.0 Å². The first kappa shape index (κ1) is 40.3. The molecule has 0 spiro atoms. The Morgan fingerprint density at radius 2 is 1.50 bits per heavy atom. The Morgan fingerprint density at radius 1 is 0.823 bits per heavy atom. The summed E-state index contributed by atoms with van der Waals surface area (Å²) in [5, 5.41) is 11.4. The predicted octanol–water partition coefficient (Wildman–Crippen LogP) is 4.49. The van der Waals surface area contributed by atoms with E-state index in [2.05, 4.69) is 4.98 Å². The second-order valence-electron chi connectivity index (χ2n) is 15.4. The number of nitrogens with zero attached hydrogens (tertiary/aromatic N) is 6. The van der Waals surface area contributed by atoms with Gasteiger partial charge in [0, 0.05) is 43.1 Å². The molecule has 2 fully saturated rings. The number of hydrogen-bond donors (Lipinski definition) is 1. The van der Waals surface area contributed by atoms with Crippen LogP contribution in [-0.2, 0) is 41.6 Å². The van der Waals surface area contributed by atoms with Crippen LogP contribution in [0.3, 0.4) is 0 Å². The van der Waals surface area contributed by atoms with E-state index in [0.717, 1.165) is 9.47 Å². The maximum absolute atomic E-state index is 15.6. The molecule has 1 aliphatic carbocycles. The molecule has 2 aromatic heterocycles. The zero-order chi connectivity index (χ0) is 43.8. The van der Waals surface area contributed by atoms with Gasteiger partial charge in [0.15, 0.2) is 23.0 Å². The maximum atomic E-state index is 15.6. The lowest BCUT2D eigenvalue weighted by Crippen LogP contribution is -2.53. The average molecular weight is 861 g/mol. The highest BCUT2D eigenvalue weighted by molar-refractivity contribution is 6.32. The molecule has 62 heavy (non-hydrogen) atoms. The molecule has 16 nitrogen and oxygen atoms in total. The predicted molar refractivity (Wildman–Crippen MR) is 228 cm³/mol. The topological polar surface area (TPSA) is 178 Å². The number of phenolic OH excluding ortho intramolecular Hbond substituents is 1. The van der Waals surface area contributed by atoms with Crippen molar-refractivity contribution in [1.82, 2.24) is 23.5 Å². The van der Waals surface area contributed by atoms with Crippen molar-refractivity contribution in [3.63, 3.8) is 0 Å². The minimum Gasteiger partial charge on any atom is -0.502 e. The summed E-state index contributed by atoms with van der Waals surface area (Å²) < 4.78 is 27.2. The number of imide groups is 1. The van der Waals surface area contributed by atoms with Crippen LogP contribution in [-0.4, -0.2) is 68.8 Å². The molecule has 4 atom stereocenters. The van der Waals surface area contributed by atoms with Gasteiger partial charge in [-0.1, -0.05) is 54.1 Å². The summed E-state index contributed by atoms with van der Waals surface area (Å²) in [5.74, 6) is -2.36. The number of halogens is 1. The number of aromatic nitrogens is 5. The van der Waals surface area contributed by atoms with Gasteiger partial charge in [0.2, 0.25) is 17.6 Å². The number of aromatic hydroxyl groups is 1. The number of ether oxygens (including phenoxy) is 4. The third-order valence-electron chi connectivity index (χ3n) is 12.6. The van der Waals surface area contributed by atoms with Crippen molar-refractivity contribution in [1.29, 1.82) is 0 Å². The Labute approximate surface area is 358 Å². The van der Waals surface area contributed by atoms with E-state index in [1.807, 2.05) is 24.3 Å². The van der Waals surface area contributed by atoms with Gasteiger partial charge in [0.1, 0.15) is 5.69 Å². The van der Waals surface area contributed by atoms with Gasteiger partial charge in [-0.3, -0.25) is 14.4 Å². The van der Waals surface area contributed by atoms with E-state index < -0.39 is 52.0 Å². The standard InChI is InChI=1S/C45H41ClN6O10/c1-48-33-23-35(60-3)34(59-2)22-31(33)47-30(41(48)55)15-16-49-43(57)50-17-14-28-32(52(50)44(49)58)21-29-40(54)51(27-13-9-12-26(46)20-27)42(56)45(29,25-10-7-6-8-11-25)38(28)24-18-36(61-4)39(53)37(19-24)62-5/h6-14,18-20,22-23,29,32,38,53H,15-17,21H2,1-5H3. The summed E-state index contributed by atoms with van der Waals surface area (Å²) in [5.41, 5.74) is -0.311. The van der Waals surface area contributed by atoms with E-state index in [9.17, 15) is 19.5 Å². The molecule has 0 radical (unpaired) electrons. The molecule has 2 amide bonds. The summed E-state index contributed by atoms with van der Waals surface area (Å²) in [6, 6.07) is 21.1. The second kappa shape index (κ2) is 15.1. The lowest BCUT2D eigenvalue weighted by atomic mass is 9.53. The lowest BCUT2D eigenvalue weighted by Gasteiger charge is -2.49. The Bertz CT molecular complexity index is 3040. The number of anilines is 1. The molecule has 4 aromatic carbocycles. The molecule has 2 aliphatic heterocycles. The lowest BCUT2D eigenvalue weighted by molar-refractivity contribution is -0.124. The van der Waals surface area contributed by atoms with Crippen molar-refractivity contribution in [3.05, 3.63) is 144 Å². The van der Waals surface area contributed by atoms with E-state index in [-0.39, 0.29) is 54.6 Å². The number of hydrogen-bond acceptors (Lipinski definition) is 11. The smallest absolute Gasteiger partial charge is 0.347 e. The van der Waals surface area contributed by atoms with Crippen molar-refractivity contribution < 1.29 is 33.6 Å². The molecule has 6 aromatic rings. The van der Waals surface area contributed by atoms with Crippen LogP contribution < -0.4 is 40.8 Å². The number of phenols is 1. The first-order valence-electron chi connectivity index (χ1n) is 19.8. The second-order valence-corrected chi connectivity index (χ2v) is 15.9. The highest BCUT2D eigenvalue weighted by Crippen LogP contribution is 2.63. The number of allylic oxidation sites excluding steroid dienone is 2. The fourth-order valence-corrected chi connectivity index (χ4v) is 9.97. The fraction of sp³-hybridized carbons (Fsp3) is 0.289. The quantitative estimate of drug-likeness (QED) is 0.152. The van der Waals surface area contributed by atoms with Gasteiger partial charge in [-0.15, -0.1) is 0 Å². The van der Waals surface area contributed by atoms with Crippen molar-refractivity contribution >= 4 is 40.1 Å². The fourth-order valence-electron chi connectivity index (χ4n) is 9.79. The van der Waals surface area contributed by atoms with Gasteiger partial charge in [-0.2, -0.15) is 0 Å². The molecule has 1 N–H and O–H groups in total. The Kier molecular flexibility index (Phi) is 9.84. The molecule has 3 aliphatic rings. The number of carbonyl (C=O) groups is 2. The molecular formula is C45H41ClN6O10. The van der Waals surface area contributed by atoms with Crippen molar-refractivity contribution in [3.8, 4) is 28.7 Å². The average Bonchev–Trinajstić information content (AvgIpc) is 3.67. The number of methoxy groups -OCH3 is 4. The molecule has 1 saturated carbocycles. The van der Waals surface area contributed by atoms with E-state index in [1.54, 1.807) is 67.7 Å². The first-order chi connectivity index (χ1) is 29.9. The first-order valence-corrected chi connectivity index (χ1v) is 20.1. The zero-order valence-electron chi connectivity index (χ0n) is 34.3. The van der Waals surface area contributed by atoms with Crippen molar-refractivity contribution in [2.75, 3.05) is 33.3 Å². The SMILES string of the molecule is COc1cc2nc(CCn3c(=O)n4n(c3=O)C3CC5C(=O)N(c6cccc(Cl)c6)C(=O)C5(c5ccccc5)C(c5cc(OC)c(O)c(OC)c5)C3=CC4)c(=O)n(C)c2cc1OC. The third-order valence-corrected chi connectivity index (χ3v) is 12.8. The highest BCUT2D eigenvalue weighted by Gasteiger charge is 2.68. The maximum Gasteiger partial charge on any atom is 0.347 e. The minimum absolute atomic E-state index is 0.0351. The monoisotopic (exact) mass is 860 g/mol. The third kappa shape index (κ3) is 5.80. The van der Waals surface area contributed by atoms with E-state index >= 15 is 9.59 Å². The molecule has 318 valence electrons. The number of fused-ring (bicyclic) bond motifs is 5. The van der Waals surface area contributed by atoms with Crippen LogP contribution in [0.25, 0.3) is 11.0 Å². The van der Waals surface area contributed by atoms with Crippen LogP contribution in [0.5, 0.6) is 28.7 Å². The van der Waals surface area contributed by atoms with Gasteiger partial charge in [-0.05, 0) is 53.5 Å². The summed E-state index contributed by atoms with van der Waals surface area (Å²) in [6.45, 7) is -0.232. The molecule has 4 unspecified atom stereocenters. The van der Waals surface area contributed by atoms with E-state index in [0.29, 0.717) is 44.3 Å².